The molecule has 1 aliphatic rings. The Morgan fingerprint density at radius 1 is 0.716 bits per heavy atom. The van der Waals surface area contributed by atoms with Gasteiger partial charge in [0.15, 0.2) is 5.96 Å². The van der Waals surface area contributed by atoms with Crippen molar-refractivity contribution >= 4 is 82.0 Å². The molecule has 0 saturated carbocycles. The van der Waals surface area contributed by atoms with E-state index in [0.717, 1.165) is 6.92 Å². The van der Waals surface area contributed by atoms with Crippen LogP contribution in [0.2, 0.25) is 0 Å². The van der Waals surface area contributed by atoms with Crippen LogP contribution >= 0.6 is 0 Å². The summed E-state index contributed by atoms with van der Waals surface area (Å²) < 4.78 is 5.97. The van der Waals surface area contributed by atoms with Crippen LogP contribution in [0.3, 0.4) is 0 Å². The number of phenols is 1. The Kier molecular flexibility index (Phi) is 27.6. The Labute approximate surface area is 506 Å². The second kappa shape index (κ2) is 34.3. The van der Waals surface area contributed by atoms with Gasteiger partial charge in [-0.2, -0.15) is 0 Å². The largest absolute Gasteiger partial charge is 0.508 e. The first kappa shape index (κ1) is 70.6. The molecule has 8 atom stereocenters. The molecular formula is C56H81N17O15. The molecule has 480 valence electrons. The van der Waals surface area contributed by atoms with E-state index >= 15 is 0 Å². The van der Waals surface area contributed by atoms with Crippen LogP contribution in [0.5, 0.6) is 5.75 Å². The normalized spacial score (nSPS) is 15.1. The van der Waals surface area contributed by atoms with Crippen molar-refractivity contribution in [3.63, 3.8) is 0 Å². The number of nitrogens with two attached hydrogens (primary N) is 3. The maximum absolute atomic E-state index is 14.6. The lowest BCUT2D eigenvalue weighted by molar-refractivity contribution is -0.137. The lowest BCUT2D eigenvalue weighted by Gasteiger charge is -2.29. The number of primary amides is 1. The van der Waals surface area contributed by atoms with Crippen LogP contribution in [0.1, 0.15) is 90.5 Å². The second-order valence-corrected chi connectivity index (χ2v) is 22.0. The molecule has 3 heterocycles. The van der Waals surface area contributed by atoms with Crippen LogP contribution in [0.25, 0.3) is 10.9 Å². The van der Waals surface area contributed by atoms with E-state index in [2.05, 4.69) is 67.9 Å². The highest BCUT2D eigenvalue weighted by Crippen LogP contribution is 2.20. The number of aliphatic hydroxyl groups excluding tert-OH is 1. The lowest BCUT2D eigenvalue weighted by atomic mass is 10.0. The van der Waals surface area contributed by atoms with Gasteiger partial charge in [0.25, 0.3) is 11.9 Å². The number of aromatic amines is 2. The van der Waals surface area contributed by atoms with E-state index in [-0.39, 0.29) is 81.4 Å². The molecule has 88 heavy (non-hydrogen) atoms. The number of carboxylic acid groups (broad SMARTS) is 1. The number of aromatic nitrogens is 3. The van der Waals surface area contributed by atoms with Crippen LogP contribution in [-0.2, 0) is 71.9 Å². The number of benzene rings is 2. The van der Waals surface area contributed by atoms with Crippen molar-refractivity contribution in [3.05, 3.63) is 84.1 Å². The number of fused-ring (bicyclic) bond motifs is 1. The highest BCUT2D eigenvalue weighted by atomic mass is 16.5. The number of carbonyl (C=O) groups is 11. The number of urea groups is 1. The molecule has 1 aliphatic heterocycles. The zero-order valence-electron chi connectivity index (χ0n) is 49.7. The number of carboxylic acids is 1. The number of aliphatic carboxylic acids is 1. The number of nitrogens with zero attached hydrogens (tertiary/aromatic N) is 2. The van der Waals surface area contributed by atoms with Crippen LogP contribution in [0.15, 0.2) is 72.2 Å². The van der Waals surface area contributed by atoms with Crippen LogP contribution in [0, 0.1) is 5.92 Å². The van der Waals surface area contributed by atoms with Crippen molar-refractivity contribution in [2.75, 3.05) is 19.8 Å². The Balaban J connectivity index is 0.00000401. The molecule has 1 saturated heterocycles. The molecule has 0 bridgehead atoms. The zero-order chi connectivity index (χ0) is 65.3. The van der Waals surface area contributed by atoms with Gasteiger partial charge in [-0.05, 0) is 81.7 Å². The number of ether oxygens (including phenoxy) is 1. The Morgan fingerprint density at radius 2 is 1.27 bits per heavy atom. The first-order valence-corrected chi connectivity index (χ1v) is 28.1. The van der Waals surface area contributed by atoms with E-state index in [1.165, 1.54) is 36.8 Å². The van der Waals surface area contributed by atoms with Gasteiger partial charge in [-0.3, -0.25) is 58.4 Å². The highest BCUT2D eigenvalue weighted by Gasteiger charge is 2.37. The first-order chi connectivity index (χ1) is 41.5. The highest BCUT2D eigenvalue weighted by molar-refractivity contribution is 5.99. The zero-order valence-corrected chi connectivity index (χ0v) is 49.7. The lowest BCUT2D eigenvalue weighted by Crippen LogP contribution is -2.62. The minimum Gasteiger partial charge on any atom is -0.508 e. The van der Waals surface area contributed by atoms with Crippen molar-refractivity contribution < 1.29 is 72.8 Å². The van der Waals surface area contributed by atoms with Crippen LogP contribution in [0.4, 0.5) is 4.79 Å². The number of hydrogen-bond donors (Lipinski definition) is 18. The summed E-state index contributed by atoms with van der Waals surface area (Å²) in [6.45, 7) is 8.25. The average Bonchev–Trinajstić information content (AvgIpc) is 3.47. The number of phenolic OH excluding ortho intramolecular Hbond substituents is 1. The van der Waals surface area contributed by atoms with Gasteiger partial charge in [0.05, 0.1) is 25.1 Å². The molecule has 5 rings (SSSR count). The maximum atomic E-state index is 14.6. The summed E-state index contributed by atoms with van der Waals surface area (Å²) in [5.41, 5.74) is 21.3. The maximum Gasteiger partial charge on any atom is 0.330 e. The fourth-order valence-corrected chi connectivity index (χ4v) is 8.75. The molecule has 21 N–H and O–H groups in total. The number of hydrogen-bond acceptors (Lipinski definition) is 16. The van der Waals surface area contributed by atoms with E-state index in [9.17, 15) is 58.2 Å². The fraction of sp³-hybridized carbons (Fsp3) is 0.482. The summed E-state index contributed by atoms with van der Waals surface area (Å²) in [5.74, 6) is -8.84. The molecule has 32 nitrogen and oxygen atoms in total. The third-order valence-electron chi connectivity index (χ3n) is 13.0. The summed E-state index contributed by atoms with van der Waals surface area (Å²) in [6, 6.07) is 0.375. The smallest absolute Gasteiger partial charge is 0.330 e. The van der Waals surface area contributed by atoms with Gasteiger partial charge in [0.2, 0.25) is 47.3 Å². The quantitative estimate of drug-likeness (QED) is 0.0107. The summed E-state index contributed by atoms with van der Waals surface area (Å²) in [5, 5.41) is 49.8. The standard InChI is InChI=1S/C54H77N17O13.C2H4O2/c1-28(2)19-37(45(76)63-35(11-8-18-59-52(55)56)51(82)70-71-53(57)83)64-50(81)42(26-84-54(3,4)5)69-46(77)38(20-29-12-14-32(73)15-13-29)65-49(80)41(25-72)68-47(78)39(21-30-23-60-34-10-7-6-9-33(30)34)66-48(79)40(22-31-24-58-27-61-31)67-44(75)36-16-17-43(74)62-36;1-2(3)4/h6-7,9-10,12-15,23-24,27-28,35-42,60,72-73H,8,11,16-22,25-26H2,1-5H3,(H,58,61)(H,62,74)(H,63,76)(H,64,81)(H,65,80)(H,66,79)(H,67,75)(H,68,78)(H,69,77)(H,70,82)(H4,55,56,59)(H3,57,71,83);1H3,(H,3,4)/t35-,36-,37-,38-,39-,40-,41-,42+;/m0./s1. The second-order valence-electron chi connectivity index (χ2n) is 22.0. The summed E-state index contributed by atoms with van der Waals surface area (Å²) in [7, 11) is 0. The van der Waals surface area contributed by atoms with Crippen LogP contribution in [-0.4, -0.2) is 175 Å². The number of H-pyrrole nitrogens is 2. The van der Waals surface area contributed by atoms with Gasteiger partial charge in [-0.15, -0.1) is 0 Å². The third kappa shape index (κ3) is 24.6. The molecule has 2 aromatic carbocycles. The number of para-hydroxylation sites is 1. The molecule has 32 heteroatoms. The van der Waals surface area contributed by atoms with E-state index < -0.39 is 126 Å². The Morgan fingerprint density at radius 3 is 1.84 bits per heavy atom. The Hall–Kier alpha value is -9.85. The minimum absolute atomic E-state index is 0.0179. The fourth-order valence-electron chi connectivity index (χ4n) is 8.75. The molecule has 1 fully saturated rings. The molecule has 11 amide bonds. The molecule has 0 radical (unpaired) electrons. The number of aliphatic hydroxyl groups is 1. The predicted molar refractivity (Wildman–Crippen MR) is 317 cm³/mol. The third-order valence-corrected chi connectivity index (χ3v) is 13.0. The molecule has 0 aliphatic carbocycles. The number of nitrogens with one attached hydrogen (secondary N) is 12. The van der Waals surface area contributed by atoms with E-state index in [1.54, 1.807) is 65.1 Å². The topological polar surface area (TPSA) is 513 Å². The van der Waals surface area contributed by atoms with Crippen molar-refractivity contribution in [1.82, 2.24) is 68.3 Å². The van der Waals surface area contributed by atoms with E-state index in [1.807, 2.05) is 5.43 Å². The molecule has 4 aromatic rings. The predicted octanol–water partition coefficient (Wildman–Crippen LogP) is -3.01. The van der Waals surface area contributed by atoms with E-state index in [0.29, 0.717) is 27.7 Å². The van der Waals surface area contributed by atoms with Crippen molar-refractivity contribution in [2.45, 2.75) is 147 Å². The van der Waals surface area contributed by atoms with Gasteiger partial charge in [-0.1, -0.05) is 44.2 Å². The van der Waals surface area contributed by atoms with Crippen molar-refractivity contribution in [2.24, 2.45) is 28.1 Å². The van der Waals surface area contributed by atoms with Gasteiger partial charge < -0.3 is 89.8 Å². The summed E-state index contributed by atoms with van der Waals surface area (Å²) in [6.07, 6.45) is 4.33. The monoisotopic (exact) mass is 1230 g/mol. The minimum atomic E-state index is -1.79. The van der Waals surface area contributed by atoms with Gasteiger partial charge in [0.1, 0.15) is 54.1 Å². The number of imidazole rings is 1. The van der Waals surface area contributed by atoms with Gasteiger partial charge >= 0.3 is 6.03 Å². The molecular weight excluding hydrogens is 1150 g/mol. The van der Waals surface area contributed by atoms with Crippen LogP contribution < -0.4 is 70.6 Å². The number of amides is 11. The number of rotatable bonds is 30. The van der Waals surface area contributed by atoms with Gasteiger partial charge in [0, 0.05) is 68.1 Å². The van der Waals surface area contributed by atoms with E-state index in [4.69, 9.17) is 31.8 Å². The number of aromatic hydroxyl groups is 1. The molecule has 0 spiro atoms. The summed E-state index contributed by atoms with van der Waals surface area (Å²) in [4.78, 5) is 159. The molecule has 0 unspecified atom stereocenters. The number of hydrazine groups is 1. The number of aliphatic imine (C=N–C) groups is 1. The van der Waals surface area contributed by atoms with Crippen molar-refractivity contribution in [1.29, 1.82) is 0 Å². The first-order valence-electron chi connectivity index (χ1n) is 28.1. The SMILES string of the molecule is CC(=O)O.CC(C)C[C@H](NC(=O)[C@@H](COC(C)(C)C)NC(=O)[C@H](Cc1ccc(O)cc1)NC(=O)[C@H](CO)NC(=O)[C@H](Cc1c[nH]c2ccccc12)NC(=O)[C@H](Cc1cnc[nH]1)NC(=O)[C@@H]1CCC(=O)N1)C(=O)N[C@@H](CCCN=C(N)N)C(=O)NNC(N)=O. The Bertz CT molecular complexity index is 3070. The number of guanidine groups is 1. The summed E-state index contributed by atoms with van der Waals surface area (Å²) >= 11 is 0. The average molecular weight is 1230 g/mol. The molecule has 2 aromatic heterocycles. The van der Waals surface area contributed by atoms with Crippen molar-refractivity contribution in [3.8, 4) is 5.75 Å². The van der Waals surface area contributed by atoms with Gasteiger partial charge in [-0.25, -0.2) is 15.2 Å². The number of carbonyl (C=O) groups excluding carboxylic acids is 10.